The number of halogens is 1. The maximum absolute atomic E-state index is 13.5. The highest BCUT2D eigenvalue weighted by Crippen LogP contribution is 2.31. The van der Waals surface area contributed by atoms with Crippen LogP contribution in [0.2, 0.25) is 5.02 Å². The van der Waals surface area contributed by atoms with E-state index in [1.54, 1.807) is 28.0 Å². The number of hydrogen-bond acceptors (Lipinski definition) is 4. The molecule has 0 radical (unpaired) electrons. The fraction of sp³-hybridized carbons (Fsp3) is 0.235. The van der Waals surface area contributed by atoms with Gasteiger partial charge in [0, 0.05) is 11.4 Å². The van der Waals surface area contributed by atoms with Crippen molar-refractivity contribution >= 4 is 51.1 Å². The number of benzene rings is 1. The molecule has 0 fully saturated rings. The lowest BCUT2D eigenvalue weighted by molar-refractivity contribution is -0.895. The van der Waals surface area contributed by atoms with Gasteiger partial charge in [-0.15, -0.1) is 16.4 Å². The first-order valence-corrected chi connectivity index (χ1v) is 9.88. The van der Waals surface area contributed by atoms with Gasteiger partial charge in [0.05, 0.1) is 29.5 Å². The monoisotopic (exact) mass is 404 g/mol. The maximum atomic E-state index is 13.5. The molecule has 1 aliphatic heterocycles. The molecule has 0 saturated carbocycles. The topological polar surface area (TPSA) is 59.5 Å². The molecule has 4 heterocycles. The minimum absolute atomic E-state index is 0.0687. The molecule has 6 nitrogen and oxygen atoms in total. The van der Waals surface area contributed by atoms with Gasteiger partial charge in [0.15, 0.2) is 0 Å². The van der Waals surface area contributed by atoms with E-state index in [4.69, 9.17) is 23.8 Å². The van der Waals surface area contributed by atoms with Crippen LogP contribution in [-0.4, -0.2) is 32.8 Å². The molecule has 5 rings (SSSR count). The van der Waals surface area contributed by atoms with Crippen molar-refractivity contribution < 1.29 is 4.90 Å². The van der Waals surface area contributed by atoms with Crippen molar-refractivity contribution in [1.82, 2.24) is 19.2 Å². The highest BCUT2D eigenvalue weighted by atomic mass is 35.5. The van der Waals surface area contributed by atoms with Gasteiger partial charge in [0.2, 0.25) is 10.5 Å². The number of H-pyrrole nitrogens is 1. The molecule has 1 aliphatic rings. The van der Waals surface area contributed by atoms with Crippen molar-refractivity contribution in [1.29, 1.82) is 0 Å². The van der Waals surface area contributed by atoms with E-state index in [9.17, 15) is 4.79 Å². The number of nitrogens with one attached hydrogen (secondary N) is 2. The van der Waals surface area contributed by atoms with Crippen LogP contribution in [0.4, 0.5) is 0 Å². The van der Waals surface area contributed by atoms with E-state index < -0.39 is 0 Å². The van der Waals surface area contributed by atoms with Gasteiger partial charge in [0.25, 0.3) is 5.56 Å². The van der Waals surface area contributed by atoms with E-state index in [0.29, 0.717) is 21.3 Å². The number of quaternary nitrogens is 1. The molecule has 0 saturated heterocycles. The molecule has 0 spiro atoms. The van der Waals surface area contributed by atoms with Crippen LogP contribution in [0.3, 0.4) is 0 Å². The number of thiophene rings is 1. The average molecular weight is 405 g/mol. The standard InChI is InChI=1S/C17H14ClN5OS2/c1-21-6-5-11-12(8-21)26-15-13(11)14(24)22(10-4-2-3-9(18)7-10)16-19-20-17(25)23(15)16/h2-4,7H,5-6,8H2,1H3,(H,20,25)/p+1. The van der Waals surface area contributed by atoms with Crippen LogP contribution in [-0.2, 0) is 13.0 Å². The molecule has 0 aliphatic carbocycles. The summed E-state index contributed by atoms with van der Waals surface area (Å²) in [7, 11) is 2.18. The van der Waals surface area contributed by atoms with Gasteiger partial charge in [-0.2, -0.15) is 0 Å². The molecule has 132 valence electrons. The van der Waals surface area contributed by atoms with Crippen LogP contribution in [0, 0.1) is 4.77 Å². The third kappa shape index (κ3) is 2.23. The minimum Gasteiger partial charge on any atom is -0.333 e. The number of fused-ring (bicyclic) bond motifs is 5. The second kappa shape index (κ2) is 5.75. The van der Waals surface area contributed by atoms with Crippen molar-refractivity contribution in [2.24, 2.45) is 0 Å². The number of aromatic nitrogens is 4. The largest absolute Gasteiger partial charge is 0.333 e. The van der Waals surface area contributed by atoms with Crippen LogP contribution in [0.25, 0.3) is 21.7 Å². The number of nitrogens with zero attached hydrogens (tertiary/aromatic N) is 3. The fourth-order valence-corrected chi connectivity index (χ4v) is 5.57. The summed E-state index contributed by atoms with van der Waals surface area (Å²) in [6, 6.07) is 7.23. The first-order valence-electron chi connectivity index (χ1n) is 8.28. The smallest absolute Gasteiger partial charge is 0.268 e. The number of rotatable bonds is 1. The highest BCUT2D eigenvalue weighted by Gasteiger charge is 2.27. The van der Waals surface area contributed by atoms with Gasteiger partial charge in [-0.25, -0.2) is 14.1 Å². The zero-order chi connectivity index (χ0) is 18.0. The van der Waals surface area contributed by atoms with Crippen molar-refractivity contribution in [2.45, 2.75) is 13.0 Å². The summed E-state index contributed by atoms with van der Waals surface area (Å²) in [6.45, 7) is 1.95. The lowest BCUT2D eigenvalue weighted by Gasteiger charge is -2.19. The minimum atomic E-state index is -0.0687. The van der Waals surface area contributed by atoms with Crippen molar-refractivity contribution in [3.05, 3.63) is 54.9 Å². The molecule has 4 aromatic rings. The number of likely N-dealkylation sites (N-methyl/N-ethyl adjacent to an activating group) is 1. The SMILES string of the molecule is C[NH+]1CCc2c(sc3c2c(=O)n(-c2cccc(Cl)c2)c2n[nH]c(=S)n32)C1. The van der Waals surface area contributed by atoms with Gasteiger partial charge in [0.1, 0.15) is 11.4 Å². The Morgan fingerprint density at radius 3 is 3.08 bits per heavy atom. The van der Waals surface area contributed by atoms with Crippen molar-refractivity contribution in [2.75, 3.05) is 13.6 Å². The van der Waals surface area contributed by atoms with E-state index in [2.05, 4.69) is 17.2 Å². The lowest BCUT2D eigenvalue weighted by atomic mass is 10.1. The van der Waals surface area contributed by atoms with E-state index >= 15 is 0 Å². The van der Waals surface area contributed by atoms with Gasteiger partial charge in [-0.3, -0.25) is 4.79 Å². The van der Waals surface area contributed by atoms with Gasteiger partial charge < -0.3 is 4.90 Å². The summed E-state index contributed by atoms with van der Waals surface area (Å²) in [5.41, 5.74) is 1.77. The van der Waals surface area contributed by atoms with E-state index in [0.717, 1.165) is 35.3 Å². The first kappa shape index (κ1) is 16.2. The Labute approximate surface area is 162 Å². The summed E-state index contributed by atoms with van der Waals surface area (Å²) in [4.78, 5) is 17.1. The van der Waals surface area contributed by atoms with E-state index in [-0.39, 0.29) is 5.56 Å². The molecule has 0 amide bonds. The number of aromatic amines is 1. The van der Waals surface area contributed by atoms with Crippen LogP contribution < -0.4 is 10.5 Å². The molecule has 1 atom stereocenters. The third-order valence-corrected chi connectivity index (χ3v) is 6.60. The predicted octanol–water partition coefficient (Wildman–Crippen LogP) is 1.98. The van der Waals surface area contributed by atoms with Crippen LogP contribution in [0.15, 0.2) is 29.1 Å². The molecular weight excluding hydrogens is 390 g/mol. The quantitative estimate of drug-likeness (QED) is 0.477. The fourth-order valence-electron chi connectivity index (χ4n) is 3.66. The summed E-state index contributed by atoms with van der Waals surface area (Å²) >= 11 is 13.3. The Morgan fingerprint density at radius 2 is 2.27 bits per heavy atom. The Morgan fingerprint density at radius 1 is 1.42 bits per heavy atom. The molecule has 9 heteroatoms. The van der Waals surface area contributed by atoms with Gasteiger partial charge in [-0.05, 0) is 36.0 Å². The van der Waals surface area contributed by atoms with Crippen molar-refractivity contribution in [3.8, 4) is 5.69 Å². The van der Waals surface area contributed by atoms with Crippen LogP contribution in [0.5, 0.6) is 0 Å². The second-order valence-corrected chi connectivity index (χ2v) is 8.51. The summed E-state index contributed by atoms with van der Waals surface area (Å²) in [5.74, 6) is 0.481. The van der Waals surface area contributed by atoms with Crippen LogP contribution in [0.1, 0.15) is 10.4 Å². The van der Waals surface area contributed by atoms with E-state index in [1.807, 2.05) is 16.5 Å². The van der Waals surface area contributed by atoms with Crippen LogP contribution >= 0.6 is 35.2 Å². The third-order valence-electron chi connectivity index (χ3n) is 4.88. The molecule has 3 aromatic heterocycles. The van der Waals surface area contributed by atoms with Gasteiger partial charge in [-0.1, -0.05) is 17.7 Å². The van der Waals surface area contributed by atoms with Gasteiger partial charge >= 0.3 is 0 Å². The molecule has 26 heavy (non-hydrogen) atoms. The summed E-state index contributed by atoms with van der Waals surface area (Å²) < 4.78 is 3.95. The Balaban J connectivity index is 1.98. The molecule has 0 bridgehead atoms. The predicted molar refractivity (Wildman–Crippen MR) is 106 cm³/mol. The molecule has 1 aromatic carbocycles. The summed E-state index contributed by atoms with van der Waals surface area (Å²) in [6.07, 6.45) is 0.892. The molecule has 1 unspecified atom stereocenters. The first-order chi connectivity index (χ1) is 12.5. The zero-order valence-electron chi connectivity index (χ0n) is 13.9. The Kier molecular flexibility index (Phi) is 3.58. The summed E-state index contributed by atoms with van der Waals surface area (Å²) in [5, 5.41) is 8.48. The Bertz CT molecular complexity index is 1300. The van der Waals surface area contributed by atoms with Crippen molar-refractivity contribution in [3.63, 3.8) is 0 Å². The average Bonchev–Trinajstić information content (AvgIpc) is 3.15. The highest BCUT2D eigenvalue weighted by molar-refractivity contribution is 7.71. The maximum Gasteiger partial charge on any atom is 0.268 e. The number of hydrogen-bond donors (Lipinski definition) is 2. The molecule has 2 N–H and O–H groups in total. The molecular formula is C17H15ClN5OS2+. The Hall–Kier alpha value is -2.00. The zero-order valence-corrected chi connectivity index (χ0v) is 16.3. The second-order valence-electron chi connectivity index (χ2n) is 6.60. The van der Waals surface area contributed by atoms with E-state index in [1.165, 1.54) is 9.78 Å². The lowest BCUT2D eigenvalue weighted by Crippen LogP contribution is -3.08. The normalized spacial score (nSPS) is 17.1.